The molecule has 3 nitrogen and oxygen atoms in total. The largest absolute Gasteiger partial charge is 0.490 e. The molecule has 0 amide bonds. The van der Waals surface area contributed by atoms with Crippen molar-refractivity contribution in [2.75, 3.05) is 18.0 Å². The number of likely N-dealkylation sites (tertiary alicyclic amines) is 1. The Kier molecular flexibility index (Phi) is 4.86. The number of rotatable bonds is 4. The Morgan fingerprint density at radius 3 is 2.36 bits per heavy atom. The van der Waals surface area contributed by atoms with E-state index in [2.05, 4.69) is 71.3 Å². The zero-order chi connectivity index (χ0) is 18.9. The van der Waals surface area contributed by atoms with Crippen LogP contribution in [0.25, 0.3) is 6.08 Å². The van der Waals surface area contributed by atoms with Crippen molar-refractivity contribution in [2.45, 2.75) is 57.7 Å². The highest BCUT2D eigenvalue weighted by Gasteiger charge is 2.29. The van der Waals surface area contributed by atoms with Gasteiger partial charge in [0.05, 0.1) is 0 Å². The predicted octanol–water partition coefficient (Wildman–Crippen LogP) is 5.46. The number of anilines is 1. The van der Waals surface area contributed by atoms with Crippen LogP contribution in [0.2, 0.25) is 0 Å². The summed E-state index contributed by atoms with van der Waals surface area (Å²) < 4.78 is 6.30. The van der Waals surface area contributed by atoms with E-state index in [9.17, 15) is 0 Å². The molecular weight excluding hydrogens is 344 g/mol. The highest BCUT2D eigenvalue weighted by Crippen LogP contribution is 2.32. The summed E-state index contributed by atoms with van der Waals surface area (Å²) in [5.41, 5.74) is 5.24. The maximum absolute atomic E-state index is 6.30. The van der Waals surface area contributed by atoms with Crippen LogP contribution in [0.4, 0.5) is 5.69 Å². The summed E-state index contributed by atoms with van der Waals surface area (Å²) in [5.74, 6) is 1.00. The van der Waals surface area contributed by atoms with Crippen LogP contribution in [0.1, 0.15) is 50.2 Å². The van der Waals surface area contributed by atoms with Crippen molar-refractivity contribution in [3.63, 3.8) is 0 Å². The van der Waals surface area contributed by atoms with Gasteiger partial charge in [-0.3, -0.25) is 0 Å². The van der Waals surface area contributed by atoms with Gasteiger partial charge in [-0.15, -0.1) is 0 Å². The second-order valence-electron chi connectivity index (χ2n) is 8.50. The van der Waals surface area contributed by atoms with Crippen LogP contribution in [0.3, 0.4) is 0 Å². The van der Waals surface area contributed by atoms with Crippen LogP contribution >= 0.6 is 0 Å². The number of hydrogen-bond acceptors (Lipinski definition) is 3. The summed E-state index contributed by atoms with van der Waals surface area (Å²) in [7, 11) is 0. The topological polar surface area (TPSA) is 15.7 Å². The van der Waals surface area contributed by atoms with Gasteiger partial charge in [0.1, 0.15) is 11.9 Å². The second-order valence-corrected chi connectivity index (χ2v) is 8.50. The number of allylic oxidation sites excluding steroid dienone is 1. The van der Waals surface area contributed by atoms with Gasteiger partial charge >= 0.3 is 0 Å². The summed E-state index contributed by atoms with van der Waals surface area (Å²) in [4.78, 5) is 5.05. The number of nitrogens with zero attached hydrogens (tertiary/aromatic N) is 2. The SMILES string of the molecule is CC1=Cc2ccccc2CN1c1ccc(OC2CCN(C3CCC3)CC2)cc1. The first-order valence-electron chi connectivity index (χ1n) is 10.8. The highest BCUT2D eigenvalue weighted by molar-refractivity contribution is 5.67. The fourth-order valence-corrected chi connectivity index (χ4v) is 4.72. The lowest BCUT2D eigenvalue weighted by molar-refractivity contribution is 0.0493. The van der Waals surface area contributed by atoms with E-state index in [0.29, 0.717) is 6.10 Å². The lowest BCUT2D eigenvalue weighted by atomic mass is 9.90. The van der Waals surface area contributed by atoms with Gasteiger partial charge in [-0.05, 0) is 74.1 Å². The maximum Gasteiger partial charge on any atom is 0.119 e. The van der Waals surface area contributed by atoms with Gasteiger partial charge < -0.3 is 14.5 Å². The van der Waals surface area contributed by atoms with Crippen molar-refractivity contribution in [2.24, 2.45) is 0 Å². The average molecular weight is 375 g/mol. The number of piperidine rings is 1. The Morgan fingerprint density at radius 2 is 1.64 bits per heavy atom. The third-order valence-electron chi connectivity index (χ3n) is 6.69. The molecular formula is C25H30N2O. The molecule has 5 rings (SSSR count). The second kappa shape index (κ2) is 7.63. The van der Waals surface area contributed by atoms with Crippen molar-refractivity contribution < 1.29 is 4.74 Å². The van der Waals surface area contributed by atoms with Crippen LogP contribution in [0.15, 0.2) is 54.2 Å². The minimum Gasteiger partial charge on any atom is -0.490 e. The van der Waals surface area contributed by atoms with Crippen LogP contribution < -0.4 is 9.64 Å². The van der Waals surface area contributed by atoms with E-state index in [1.807, 2.05) is 0 Å². The normalized spacial score (nSPS) is 21.0. The molecule has 2 fully saturated rings. The summed E-state index contributed by atoms with van der Waals surface area (Å²) in [6, 6.07) is 18.2. The van der Waals surface area contributed by atoms with E-state index in [4.69, 9.17) is 4.74 Å². The van der Waals surface area contributed by atoms with E-state index in [1.54, 1.807) is 0 Å². The van der Waals surface area contributed by atoms with Crippen molar-refractivity contribution in [3.8, 4) is 5.75 Å². The van der Waals surface area contributed by atoms with Crippen LogP contribution in [0.5, 0.6) is 5.75 Å². The Balaban J connectivity index is 1.21. The molecule has 0 atom stereocenters. The average Bonchev–Trinajstić information content (AvgIpc) is 2.68. The lowest BCUT2D eigenvalue weighted by Gasteiger charge is -2.41. The van der Waals surface area contributed by atoms with Gasteiger partial charge in [0.2, 0.25) is 0 Å². The molecule has 0 N–H and O–H groups in total. The van der Waals surface area contributed by atoms with Gasteiger partial charge in [0.15, 0.2) is 0 Å². The number of benzene rings is 2. The van der Waals surface area contributed by atoms with Gasteiger partial charge in [-0.1, -0.05) is 30.7 Å². The molecule has 2 aliphatic heterocycles. The van der Waals surface area contributed by atoms with E-state index < -0.39 is 0 Å². The summed E-state index contributed by atoms with van der Waals surface area (Å²) >= 11 is 0. The standard InChI is InChI=1S/C25H30N2O/c1-19-17-20-5-2-3-6-21(20)18-27(19)23-9-11-24(12-10-23)28-25-13-15-26(16-14-25)22-7-4-8-22/h2-3,5-6,9-12,17,22,25H,4,7-8,13-16,18H2,1H3. The molecule has 3 heteroatoms. The Labute approximate surface area is 168 Å². The Bertz CT molecular complexity index is 845. The van der Waals surface area contributed by atoms with E-state index in [-0.39, 0.29) is 0 Å². The third kappa shape index (κ3) is 3.56. The van der Waals surface area contributed by atoms with E-state index in [0.717, 1.165) is 31.2 Å². The zero-order valence-electron chi connectivity index (χ0n) is 16.8. The van der Waals surface area contributed by atoms with Gasteiger partial charge in [0, 0.05) is 37.1 Å². The van der Waals surface area contributed by atoms with Crippen molar-refractivity contribution in [3.05, 3.63) is 65.4 Å². The fourth-order valence-electron chi connectivity index (χ4n) is 4.72. The number of fused-ring (bicyclic) bond motifs is 1. The minimum absolute atomic E-state index is 0.366. The van der Waals surface area contributed by atoms with Crippen molar-refractivity contribution in [1.82, 2.24) is 4.90 Å². The Morgan fingerprint density at radius 1 is 0.893 bits per heavy atom. The fraction of sp³-hybridized carbons (Fsp3) is 0.440. The molecule has 0 unspecified atom stereocenters. The molecule has 1 saturated heterocycles. The molecule has 0 bridgehead atoms. The monoisotopic (exact) mass is 374 g/mol. The molecule has 0 spiro atoms. The number of ether oxygens (including phenoxy) is 1. The summed E-state index contributed by atoms with van der Waals surface area (Å²) in [5, 5.41) is 0. The minimum atomic E-state index is 0.366. The van der Waals surface area contributed by atoms with Crippen LogP contribution in [-0.4, -0.2) is 30.1 Å². The first-order valence-corrected chi connectivity index (χ1v) is 10.8. The molecule has 2 aromatic rings. The van der Waals surface area contributed by atoms with E-state index in [1.165, 1.54) is 54.9 Å². The number of hydrogen-bond donors (Lipinski definition) is 0. The molecule has 0 aromatic heterocycles. The van der Waals surface area contributed by atoms with Crippen LogP contribution in [-0.2, 0) is 6.54 Å². The molecule has 28 heavy (non-hydrogen) atoms. The first-order chi connectivity index (χ1) is 13.8. The van der Waals surface area contributed by atoms with Crippen molar-refractivity contribution in [1.29, 1.82) is 0 Å². The molecule has 2 aromatic carbocycles. The van der Waals surface area contributed by atoms with Gasteiger partial charge in [0.25, 0.3) is 0 Å². The predicted molar refractivity (Wildman–Crippen MR) is 116 cm³/mol. The third-order valence-corrected chi connectivity index (χ3v) is 6.69. The lowest BCUT2D eigenvalue weighted by Crippen LogP contribution is -2.46. The van der Waals surface area contributed by atoms with Gasteiger partial charge in [-0.2, -0.15) is 0 Å². The Hall–Kier alpha value is -2.26. The summed E-state index contributed by atoms with van der Waals surface area (Å²) in [6.45, 7) is 5.52. The van der Waals surface area contributed by atoms with Crippen molar-refractivity contribution >= 4 is 11.8 Å². The molecule has 1 aliphatic carbocycles. The molecule has 0 radical (unpaired) electrons. The molecule has 1 saturated carbocycles. The molecule has 3 aliphatic rings. The molecule has 146 valence electrons. The van der Waals surface area contributed by atoms with Crippen LogP contribution in [0, 0.1) is 0 Å². The zero-order valence-corrected chi connectivity index (χ0v) is 16.8. The maximum atomic E-state index is 6.30. The van der Waals surface area contributed by atoms with Gasteiger partial charge in [-0.25, -0.2) is 0 Å². The van der Waals surface area contributed by atoms with E-state index >= 15 is 0 Å². The first kappa shape index (κ1) is 17.8. The highest BCUT2D eigenvalue weighted by atomic mass is 16.5. The smallest absolute Gasteiger partial charge is 0.119 e. The molecule has 2 heterocycles. The quantitative estimate of drug-likeness (QED) is 0.706. The summed E-state index contributed by atoms with van der Waals surface area (Å²) in [6.07, 6.45) is 9.19.